The van der Waals surface area contributed by atoms with E-state index in [0.717, 1.165) is 12.8 Å². The van der Waals surface area contributed by atoms with Crippen molar-refractivity contribution in [1.29, 1.82) is 0 Å². The van der Waals surface area contributed by atoms with E-state index in [4.69, 9.17) is 16.3 Å². The third-order valence-corrected chi connectivity index (χ3v) is 5.60. The second kappa shape index (κ2) is 10.9. The number of hydrogen-bond donors (Lipinski definition) is 1. The van der Waals surface area contributed by atoms with Gasteiger partial charge >= 0.3 is 6.36 Å². The van der Waals surface area contributed by atoms with E-state index in [-0.39, 0.29) is 41.2 Å². The Morgan fingerprint density at radius 2 is 1.91 bits per heavy atom. The number of carbonyl (C=O) groups excluding carboxylic acids is 2. The predicted octanol–water partition coefficient (Wildman–Crippen LogP) is 5.26. The molecule has 6 nitrogen and oxygen atoms in total. The van der Waals surface area contributed by atoms with Crippen molar-refractivity contribution in [1.82, 2.24) is 4.90 Å². The van der Waals surface area contributed by atoms with Crippen LogP contribution >= 0.6 is 11.6 Å². The maximum atomic E-state index is 12.9. The molecule has 0 aromatic heterocycles. The summed E-state index contributed by atoms with van der Waals surface area (Å²) in [6, 6.07) is 9.57. The lowest BCUT2D eigenvalue weighted by molar-refractivity contribution is -0.274. The summed E-state index contributed by atoms with van der Waals surface area (Å²) in [5.41, 5.74) is 0.862. The van der Waals surface area contributed by atoms with Gasteiger partial charge in [-0.25, -0.2) is 0 Å². The highest BCUT2D eigenvalue weighted by atomic mass is 35.5. The number of hydrogen-bond acceptors (Lipinski definition) is 4. The lowest BCUT2D eigenvalue weighted by Crippen LogP contribution is -2.50. The van der Waals surface area contributed by atoms with Crippen LogP contribution in [0.3, 0.4) is 0 Å². The Hall–Kier alpha value is -2.78. The number of rotatable bonds is 7. The molecule has 0 saturated carbocycles. The molecule has 1 saturated heterocycles. The molecule has 1 aliphatic rings. The Morgan fingerprint density at radius 1 is 1.15 bits per heavy atom. The Balaban J connectivity index is 1.77. The van der Waals surface area contributed by atoms with Gasteiger partial charge in [0, 0.05) is 30.5 Å². The van der Waals surface area contributed by atoms with E-state index in [9.17, 15) is 22.8 Å². The van der Waals surface area contributed by atoms with Crippen molar-refractivity contribution in [3.8, 4) is 16.9 Å². The smallest absolute Gasteiger partial charge is 0.405 e. The van der Waals surface area contributed by atoms with Gasteiger partial charge in [0.15, 0.2) is 0 Å². The first-order valence-electron chi connectivity index (χ1n) is 10.4. The third-order valence-electron chi connectivity index (χ3n) is 5.29. The van der Waals surface area contributed by atoms with Crippen LogP contribution in [0.1, 0.15) is 25.7 Å². The Labute approximate surface area is 194 Å². The summed E-state index contributed by atoms with van der Waals surface area (Å²) in [5, 5.41) is 2.91. The number of nitrogens with zero attached hydrogens (tertiary/aromatic N) is 1. The van der Waals surface area contributed by atoms with E-state index in [0.29, 0.717) is 24.2 Å². The quantitative estimate of drug-likeness (QED) is 0.582. The first-order valence-corrected chi connectivity index (χ1v) is 10.8. The van der Waals surface area contributed by atoms with Gasteiger partial charge in [0.05, 0.1) is 18.1 Å². The van der Waals surface area contributed by atoms with Crippen LogP contribution < -0.4 is 10.1 Å². The van der Waals surface area contributed by atoms with Crippen molar-refractivity contribution in [2.24, 2.45) is 0 Å². The SMILES string of the molecule is COCCC(=O)N1CCCCC1C(=O)Nc1ccc(-c2ccccc2OC(F)(F)F)c(Cl)c1. The zero-order valence-corrected chi connectivity index (χ0v) is 18.7. The van der Waals surface area contributed by atoms with Crippen LogP contribution in [0.15, 0.2) is 42.5 Å². The molecular weight excluding hydrogens is 461 g/mol. The molecule has 2 aromatic rings. The number of anilines is 1. The minimum atomic E-state index is -4.84. The van der Waals surface area contributed by atoms with E-state index in [1.807, 2.05) is 0 Å². The third kappa shape index (κ3) is 6.61. The summed E-state index contributed by atoms with van der Waals surface area (Å²) < 4.78 is 47.3. The molecule has 1 aliphatic heterocycles. The molecule has 1 unspecified atom stereocenters. The van der Waals surface area contributed by atoms with E-state index in [1.54, 1.807) is 17.0 Å². The number of halogens is 4. The number of ether oxygens (including phenoxy) is 2. The van der Waals surface area contributed by atoms with Crippen molar-refractivity contribution in [3.63, 3.8) is 0 Å². The van der Waals surface area contributed by atoms with Gasteiger partial charge in [0.25, 0.3) is 0 Å². The molecule has 2 amide bonds. The average molecular weight is 485 g/mol. The monoisotopic (exact) mass is 484 g/mol. The number of methoxy groups -OCH3 is 1. The summed E-state index contributed by atoms with van der Waals surface area (Å²) in [6.07, 6.45) is -2.47. The molecular formula is C23H24ClF3N2O4. The maximum Gasteiger partial charge on any atom is 0.573 e. The Morgan fingerprint density at radius 3 is 2.61 bits per heavy atom. The molecule has 2 aromatic carbocycles. The summed E-state index contributed by atoms with van der Waals surface area (Å²) >= 11 is 6.35. The Bertz CT molecular complexity index is 1000. The number of carbonyl (C=O) groups is 2. The average Bonchev–Trinajstić information content (AvgIpc) is 2.77. The minimum absolute atomic E-state index is 0.141. The van der Waals surface area contributed by atoms with Gasteiger partial charge in [-0.05, 0) is 37.5 Å². The summed E-state index contributed by atoms with van der Waals surface area (Å²) in [7, 11) is 1.51. The van der Waals surface area contributed by atoms with E-state index >= 15 is 0 Å². The van der Waals surface area contributed by atoms with Crippen LogP contribution in [0, 0.1) is 0 Å². The minimum Gasteiger partial charge on any atom is -0.405 e. The number of nitrogens with one attached hydrogen (secondary N) is 1. The molecule has 1 heterocycles. The molecule has 0 aliphatic carbocycles. The molecule has 0 spiro atoms. The highest BCUT2D eigenvalue weighted by Gasteiger charge is 2.33. The molecule has 0 bridgehead atoms. The molecule has 1 N–H and O–H groups in total. The molecule has 1 atom stereocenters. The van der Waals surface area contributed by atoms with Crippen molar-refractivity contribution in [2.45, 2.75) is 38.1 Å². The van der Waals surface area contributed by atoms with Crippen LogP contribution in [0.2, 0.25) is 5.02 Å². The largest absolute Gasteiger partial charge is 0.573 e. The molecule has 33 heavy (non-hydrogen) atoms. The predicted molar refractivity (Wildman–Crippen MR) is 118 cm³/mol. The van der Waals surface area contributed by atoms with E-state index in [1.165, 1.54) is 37.4 Å². The van der Waals surface area contributed by atoms with Gasteiger partial charge in [-0.3, -0.25) is 9.59 Å². The van der Waals surface area contributed by atoms with Gasteiger partial charge < -0.3 is 19.7 Å². The second-order valence-corrected chi connectivity index (χ2v) is 7.98. The molecule has 0 radical (unpaired) electrons. The van der Waals surface area contributed by atoms with Crippen LogP contribution in [-0.4, -0.2) is 49.4 Å². The molecule has 10 heteroatoms. The lowest BCUT2D eigenvalue weighted by atomic mass is 10.0. The molecule has 3 rings (SSSR count). The molecule has 1 fully saturated rings. The van der Waals surface area contributed by atoms with Gasteiger partial charge in [0.2, 0.25) is 11.8 Å². The summed E-state index contributed by atoms with van der Waals surface area (Å²) in [6.45, 7) is 0.774. The highest BCUT2D eigenvalue weighted by molar-refractivity contribution is 6.33. The van der Waals surface area contributed by atoms with Crippen molar-refractivity contribution < 1.29 is 32.2 Å². The number of alkyl halides is 3. The standard InChI is InChI=1S/C23H24ClF3N2O4/c1-32-13-11-21(30)29-12-5-4-7-19(29)22(31)28-15-9-10-16(18(24)14-15)17-6-2-3-8-20(17)33-23(25,26)27/h2-3,6,8-10,14,19H,4-5,7,11-13H2,1H3,(H,28,31). The number of likely N-dealkylation sites (tertiary alicyclic amines) is 1. The second-order valence-electron chi connectivity index (χ2n) is 7.57. The fraction of sp³-hybridized carbons (Fsp3) is 0.391. The van der Waals surface area contributed by atoms with Gasteiger partial charge in [0.1, 0.15) is 11.8 Å². The first-order chi connectivity index (χ1) is 15.7. The number of para-hydroxylation sites is 1. The number of amides is 2. The lowest BCUT2D eigenvalue weighted by Gasteiger charge is -2.34. The normalized spacial score (nSPS) is 16.4. The van der Waals surface area contributed by atoms with E-state index in [2.05, 4.69) is 10.1 Å². The van der Waals surface area contributed by atoms with Crippen LogP contribution in [-0.2, 0) is 14.3 Å². The fourth-order valence-corrected chi connectivity index (χ4v) is 4.06. The highest BCUT2D eigenvalue weighted by Crippen LogP contribution is 2.38. The number of piperidine rings is 1. The zero-order chi connectivity index (χ0) is 24.0. The maximum absolute atomic E-state index is 12.9. The van der Waals surface area contributed by atoms with Crippen LogP contribution in [0.25, 0.3) is 11.1 Å². The summed E-state index contributed by atoms with van der Waals surface area (Å²) in [4.78, 5) is 26.9. The summed E-state index contributed by atoms with van der Waals surface area (Å²) in [5.74, 6) is -0.868. The van der Waals surface area contributed by atoms with Gasteiger partial charge in [-0.2, -0.15) is 0 Å². The van der Waals surface area contributed by atoms with Crippen molar-refractivity contribution in [3.05, 3.63) is 47.5 Å². The van der Waals surface area contributed by atoms with Gasteiger partial charge in [-0.1, -0.05) is 35.9 Å². The topological polar surface area (TPSA) is 67.9 Å². The fourth-order valence-electron chi connectivity index (χ4n) is 3.78. The zero-order valence-electron chi connectivity index (χ0n) is 18.0. The Kier molecular flexibility index (Phi) is 8.20. The molecule has 178 valence electrons. The van der Waals surface area contributed by atoms with Crippen LogP contribution in [0.5, 0.6) is 5.75 Å². The van der Waals surface area contributed by atoms with Crippen molar-refractivity contribution >= 4 is 29.1 Å². The van der Waals surface area contributed by atoms with Crippen molar-refractivity contribution in [2.75, 3.05) is 25.6 Å². The van der Waals surface area contributed by atoms with Gasteiger partial charge in [-0.15, -0.1) is 13.2 Å². The number of benzene rings is 2. The van der Waals surface area contributed by atoms with Crippen LogP contribution in [0.4, 0.5) is 18.9 Å². The first kappa shape index (κ1) is 24.9. The van der Waals surface area contributed by atoms with E-state index < -0.39 is 12.4 Å².